The van der Waals surface area contributed by atoms with Crippen LogP contribution in [0.15, 0.2) is 46.8 Å². The van der Waals surface area contributed by atoms with Gasteiger partial charge in [0.05, 0.1) is 23.6 Å². The van der Waals surface area contributed by atoms with Crippen molar-refractivity contribution < 1.29 is 14.6 Å². The van der Waals surface area contributed by atoms with E-state index < -0.39 is 5.91 Å². The van der Waals surface area contributed by atoms with E-state index in [4.69, 9.17) is 27.1 Å². The molecular formula is C20H20ClN3O3S. The van der Waals surface area contributed by atoms with Gasteiger partial charge >= 0.3 is 0 Å². The molecule has 2 aromatic carbocycles. The van der Waals surface area contributed by atoms with Crippen LogP contribution in [0.3, 0.4) is 0 Å². The standard InChI is InChI=1S/C20H20ClN3O3S/c1-12-3-5-14(10-16(12)21)23-20-24(7-8-27-2)17(11-28-20)13-4-6-18(25)15(9-13)19(22)26/h3-6,9-11,25H,7-8H2,1-2H3,(H2,22,26). The van der Waals surface area contributed by atoms with E-state index in [-0.39, 0.29) is 11.3 Å². The molecule has 0 saturated carbocycles. The van der Waals surface area contributed by atoms with Crippen molar-refractivity contribution in [1.82, 2.24) is 4.57 Å². The zero-order chi connectivity index (χ0) is 20.3. The van der Waals surface area contributed by atoms with Crippen molar-refractivity contribution in [3.05, 3.63) is 62.7 Å². The van der Waals surface area contributed by atoms with Gasteiger partial charge in [-0.15, -0.1) is 11.3 Å². The molecule has 1 heterocycles. The number of hydrogen-bond donors (Lipinski definition) is 2. The van der Waals surface area contributed by atoms with Gasteiger partial charge in [-0.1, -0.05) is 17.7 Å². The first kappa shape index (κ1) is 20.1. The van der Waals surface area contributed by atoms with Gasteiger partial charge in [-0.3, -0.25) is 4.79 Å². The molecule has 0 radical (unpaired) electrons. The number of primary amides is 1. The number of aromatic hydroxyl groups is 1. The number of nitrogens with zero attached hydrogens (tertiary/aromatic N) is 2. The second-order valence-electron chi connectivity index (χ2n) is 6.19. The van der Waals surface area contributed by atoms with E-state index in [1.54, 1.807) is 19.2 Å². The average Bonchev–Trinajstić information content (AvgIpc) is 3.05. The van der Waals surface area contributed by atoms with Gasteiger partial charge in [-0.05, 0) is 42.8 Å². The Morgan fingerprint density at radius 1 is 1.32 bits per heavy atom. The quantitative estimate of drug-likeness (QED) is 0.638. The third-order valence-electron chi connectivity index (χ3n) is 4.25. The third-order valence-corrected chi connectivity index (χ3v) is 5.53. The predicted molar refractivity (Wildman–Crippen MR) is 111 cm³/mol. The number of amides is 1. The van der Waals surface area contributed by atoms with Crippen molar-refractivity contribution in [3.8, 4) is 17.0 Å². The molecule has 0 atom stereocenters. The molecule has 0 aliphatic heterocycles. The Kier molecular flexibility index (Phi) is 6.18. The number of benzene rings is 2. The minimum absolute atomic E-state index is 0.0748. The molecule has 0 saturated heterocycles. The molecule has 3 rings (SSSR count). The summed E-state index contributed by atoms with van der Waals surface area (Å²) in [6.07, 6.45) is 0. The molecule has 3 N–H and O–H groups in total. The number of nitrogens with two attached hydrogens (primary N) is 1. The summed E-state index contributed by atoms with van der Waals surface area (Å²) in [5.41, 5.74) is 8.77. The fraction of sp³-hybridized carbons (Fsp3) is 0.200. The maximum absolute atomic E-state index is 11.6. The molecule has 0 aliphatic carbocycles. The monoisotopic (exact) mass is 417 g/mol. The van der Waals surface area contributed by atoms with E-state index >= 15 is 0 Å². The highest BCUT2D eigenvalue weighted by molar-refractivity contribution is 7.07. The zero-order valence-electron chi connectivity index (χ0n) is 15.5. The van der Waals surface area contributed by atoms with Crippen LogP contribution in [0.2, 0.25) is 5.02 Å². The lowest BCUT2D eigenvalue weighted by Gasteiger charge is -2.10. The van der Waals surface area contributed by atoms with Gasteiger partial charge in [-0.2, -0.15) is 0 Å². The lowest BCUT2D eigenvalue weighted by molar-refractivity contribution is 0.0998. The van der Waals surface area contributed by atoms with Crippen molar-refractivity contribution in [2.75, 3.05) is 13.7 Å². The van der Waals surface area contributed by atoms with E-state index in [0.717, 1.165) is 27.3 Å². The minimum atomic E-state index is -0.683. The molecule has 28 heavy (non-hydrogen) atoms. The molecule has 0 aliphatic rings. The molecule has 0 bridgehead atoms. The molecule has 1 aromatic heterocycles. The maximum Gasteiger partial charge on any atom is 0.252 e. The van der Waals surface area contributed by atoms with Crippen molar-refractivity contribution in [2.24, 2.45) is 10.7 Å². The second kappa shape index (κ2) is 8.60. The van der Waals surface area contributed by atoms with Crippen molar-refractivity contribution in [1.29, 1.82) is 0 Å². The topological polar surface area (TPSA) is 89.8 Å². The molecule has 1 amide bonds. The number of hydrogen-bond acceptors (Lipinski definition) is 5. The van der Waals surface area contributed by atoms with E-state index in [0.29, 0.717) is 18.2 Å². The van der Waals surface area contributed by atoms with Crippen molar-refractivity contribution in [3.63, 3.8) is 0 Å². The van der Waals surface area contributed by atoms with Crippen LogP contribution in [0.5, 0.6) is 5.75 Å². The largest absolute Gasteiger partial charge is 0.507 e. The minimum Gasteiger partial charge on any atom is -0.507 e. The van der Waals surface area contributed by atoms with Gasteiger partial charge in [0.1, 0.15) is 5.75 Å². The first-order valence-electron chi connectivity index (χ1n) is 8.52. The summed E-state index contributed by atoms with van der Waals surface area (Å²) in [4.78, 5) is 17.1. The summed E-state index contributed by atoms with van der Waals surface area (Å²) in [6.45, 7) is 3.00. The van der Waals surface area contributed by atoms with Crippen molar-refractivity contribution in [2.45, 2.75) is 13.5 Å². The first-order chi connectivity index (χ1) is 13.4. The molecular weight excluding hydrogens is 398 g/mol. The number of halogens is 1. The molecule has 6 nitrogen and oxygen atoms in total. The fourth-order valence-corrected chi connectivity index (χ4v) is 3.83. The third kappa shape index (κ3) is 4.27. The van der Waals surface area contributed by atoms with E-state index in [1.807, 2.05) is 35.1 Å². The Morgan fingerprint density at radius 3 is 2.79 bits per heavy atom. The van der Waals surface area contributed by atoms with Gasteiger partial charge in [0.2, 0.25) is 0 Å². The van der Waals surface area contributed by atoms with Crippen molar-refractivity contribution >= 4 is 34.5 Å². The Morgan fingerprint density at radius 2 is 2.11 bits per heavy atom. The van der Waals surface area contributed by atoms with Crippen LogP contribution < -0.4 is 10.5 Å². The van der Waals surface area contributed by atoms with Crippen LogP contribution in [0, 0.1) is 6.92 Å². The number of carbonyl (C=O) groups is 1. The summed E-state index contributed by atoms with van der Waals surface area (Å²) in [6, 6.07) is 10.4. The number of rotatable bonds is 6. The number of ether oxygens (including phenoxy) is 1. The molecule has 0 unspecified atom stereocenters. The molecule has 3 aromatic rings. The Bertz CT molecular complexity index is 1090. The zero-order valence-corrected chi connectivity index (χ0v) is 17.0. The van der Waals surface area contributed by atoms with Gasteiger partial charge < -0.3 is 20.1 Å². The summed E-state index contributed by atoms with van der Waals surface area (Å²) >= 11 is 7.68. The van der Waals surface area contributed by atoms with E-state index in [9.17, 15) is 9.90 Å². The number of thiazole rings is 1. The molecule has 8 heteroatoms. The highest BCUT2D eigenvalue weighted by Crippen LogP contribution is 2.27. The van der Waals surface area contributed by atoms with E-state index in [1.165, 1.54) is 17.4 Å². The van der Waals surface area contributed by atoms with Gasteiger partial charge in [-0.25, -0.2) is 4.99 Å². The summed E-state index contributed by atoms with van der Waals surface area (Å²) in [5, 5.41) is 12.5. The number of carbonyl (C=O) groups excluding carboxylic acids is 1. The van der Waals surface area contributed by atoms with Crippen LogP contribution in [0.4, 0.5) is 5.69 Å². The summed E-state index contributed by atoms with van der Waals surface area (Å²) in [5.74, 6) is -0.827. The van der Waals surface area contributed by atoms with Crippen LogP contribution >= 0.6 is 22.9 Å². The predicted octanol–water partition coefficient (Wildman–Crippen LogP) is 3.86. The molecule has 0 spiro atoms. The highest BCUT2D eigenvalue weighted by atomic mass is 35.5. The summed E-state index contributed by atoms with van der Waals surface area (Å²) < 4.78 is 7.23. The van der Waals surface area contributed by atoms with Gasteiger partial charge in [0, 0.05) is 29.6 Å². The van der Waals surface area contributed by atoms with Gasteiger partial charge in [0.15, 0.2) is 4.80 Å². The Balaban J connectivity index is 2.13. The fourth-order valence-electron chi connectivity index (χ4n) is 2.70. The molecule has 146 valence electrons. The lowest BCUT2D eigenvalue weighted by atomic mass is 10.1. The average molecular weight is 418 g/mol. The number of phenols is 1. The maximum atomic E-state index is 11.6. The van der Waals surface area contributed by atoms with Crippen LogP contribution in [-0.2, 0) is 11.3 Å². The highest BCUT2D eigenvalue weighted by Gasteiger charge is 2.13. The van der Waals surface area contributed by atoms with Crippen LogP contribution in [0.1, 0.15) is 15.9 Å². The Labute approximate surface area is 171 Å². The van der Waals surface area contributed by atoms with E-state index in [2.05, 4.69) is 0 Å². The number of methoxy groups -OCH3 is 1. The molecule has 0 fully saturated rings. The number of aromatic nitrogens is 1. The first-order valence-corrected chi connectivity index (χ1v) is 9.78. The SMILES string of the molecule is COCCn1c(-c2ccc(O)c(C(N)=O)c2)csc1=Nc1ccc(C)c(Cl)c1. The Hall–Kier alpha value is -2.61. The normalized spacial score (nSPS) is 11.8. The van der Waals surface area contributed by atoms with Crippen LogP contribution in [0.25, 0.3) is 11.3 Å². The second-order valence-corrected chi connectivity index (χ2v) is 7.43. The lowest BCUT2D eigenvalue weighted by Crippen LogP contribution is -2.19. The number of aryl methyl sites for hydroxylation is 1. The van der Waals surface area contributed by atoms with Crippen LogP contribution in [-0.4, -0.2) is 29.3 Å². The van der Waals surface area contributed by atoms with Gasteiger partial charge in [0.25, 0.3) is 5.91 Å². The summed E-state index contributed by atoms with van der Waals surface area (Å²) in [7, 11) is 1.63. The smallest absolute Gasteiger partial charge is 0.252 e.